The third kappa shape index (κ3) is 9.25. The average molecular weight is 425 g/mol. The fraction of sp³-hybridized carbons (Fsp3) is 0.571. The highest BCUT2D eigenvalue weighted by Gasteiger charge is 2.37. The van der Waals surface area contributed by atoms with Gasteiger partial charge in [-0.3, -0.25) is 9.59 Å². The maximum atomic E-state index is 12.5. The van der Waals surface area contributed by atoms with Gasteiger partial charge in [-0.2, -0.15) is 0 Å². The van der Waals surface area contributed by atoms with Crippen molar-refractivity contribution >= 4 is 11.8 Å². The van der Waals surface area contributed by atoms with Crippen molar-refractivity contribution in [2.45, 2.75) is 78.7 Å². The topological polar surface area (TPSA) is 43.4 Å². The number of esters is 1. The van der Waals surface area contributed by atoms with Gasteiger partial charge in [0, 0.05) is 18.8 Å². The van der Waals surface area contributed by atoms with Crippen molar-refractivity contribution in [3.63, 3.8) is 0 Å². The number of hydrogen-bond acceptors (Lipinski definition) is 3. The van der Waals surface area contributed by atoms with Gasteiger partial charge in [-0.05, 0) is 69.3 Å². The van der Waals surface area contributed by atoms with Crippen molar-refractivity contribution in [3.8, 4) is 0 Å². The Bertz CT molecular complexity index is 732. The van der Waals surface area contributed by atoms with E-state index in [0.29, 0.717) is 36.4 Å². The van der Waals surface area contributed by atoms with E-state index in [0.717, 1.165) is 32.1 Å². The Balaban J connectivity index is 1.77. The Labute approximate surface area is 189 Å². The van der Waals surface area contributed by atoms with Gasteiger partial charge in [0.25, 0.3) is 0 Å². The Hall–Kier alpha value is -2.16. The van der Waals surface area contributed by atoms with Crippen LogP contribution in [-0.4, -0.2) is 17.9 Å². The largest absolute Gasteiger partial charge is 0.463 e. The van der Waals surface area contributed by atoms with Gasteiger partial charge in [-0.15, -0.1) is 0 Å². The van der Waals surface area contributed by atoms with Crippen LogP contribution in [-0.2, 0) is 20.7 Å². The number of benzene rings is 1. The Morgan fingerprint density at radius 1 is 1.16 bits per heavy atom. The lowest BCUT2D eigenvalue weighted by Crippen LogP contribution is -2.14. The first-order valence-electron chi connectivity index (χ1n) is 12.0. The van der Waals surface area contributed by atoms with Crippen LogP contribution in [0.5, 0.6) is 0 Å². The number of aryl methyl sites for hydroxylation is 1. The maximum Gasteiger partial charge on any atom is 0.306 e. The highest BCUT2D eigenvalue weighted by Crippen LogP contribution is 2.37. The number of Topliss-reactive ketones (excluding diaryl/α,β-unsaturated/α-hetero) is 1. The molecule has 1 aromatic rings. The summed E-state index contributed by atoms with van der Waals surface area (Å²) in [5.74, 6) is 1.60. The van der Waals surface area contributed by atoms with E-state index < -0.39 is 0 Å². The van der Waals surface area contributed by atoms with Crippen molar-refractivity contribution in [2.24, 2.45) is 23.7 Å². The number of unbranched alkanes of at least 4 members (excludes halogenated alkanes) is 1. The van der Waals surface area contributed by atoms with Crippen LogP contribution in [0.3, 0.4) is 0 Å². The van der Waals surface area contributed by atoms with E-state index in [1.165, 1.54) is 5.56 Å². The lowest BCUT2D eigenvalue weighted by Gasteiger charge is -2.17. The third-order valence-electron chi connectivity index (χ3n) is 6.13. The normalized spacial score (nSPS) is 22.6. The summed E-state index contributed by atoms with van der Waals surface area (Å²) in [5, 5.41) is 0. The summed E-state index contributed by atoms with van der Waals surface area (Å²) in [6.07, 6.45) is 14.6. The van der Waals surface area contributed by atoms with Crippen LogP contribution in [0, 0.1) is 23.7 Å². The standard InChI is InChI=1S/C28H40O3/c1-21(2)31-28(30)15-11-6-5-10-14-26-25(23(4)20-27(26)29)19-17-22(3)16-18-24-12-8-7-9-13-24/h5,7-10,12-13,17,19,21-23,25-26H,6,11,14-16,18,20H2,1-4H3/b10-5-,19-17+/t22?,23?,25-,26+/m0/s1. The molecular formula is C28H40O3. The van der Waals surface area contributed by atoms with Crippen LogP contribution in [0.15, 0.2) is 54.6 Å². The molecule has 2 unspecified atom stereocenters. The summed E-state index contributed by atoms with van der Waals surface area (Å²) < 4.78 is 5.15. The minimum Gasteiger partial charge on any atom is -0.463 e. The van der Waals surface area contributed by atoms with Gasteiger partial charge in [0.2, 0.25) is 0 Å². The summed E-state index contributed by atoms with van der Waals surface area (Å²) in [6, 6.07) is 10.6. The van der Waals surface area contributed by atoms with Gasteiger partial charge in [-0.1, -0.05) is 68.5 Å². The van der Waals surface area contributed by atoms with Crippen molar-refractivity contribution in [2.75, 3.05) is 0 Å². The van der Waals surface area contributed by atoms with E-state index in [9.17, 15) is 9.59 Å². The van der Waals surface area contributed by atoms with Crippen LogP contribution in [0.1, 0.15) is 71.8 Å². The monoisotopic (exact) mass is 424 g/mol. The summed E-state index contributed by atoms with van der Waals surface area (Å²) in [4.78, 5) is 24.1. The summed E-state index contributed by atoms with van der Waals surface area (Å²) in [7, 11) is 0. The van der Waals surface area contributed by atoms with Crippen molar-refractivity contribution in [1.82, 2.24) is 0 Å². The van der Waals surface area contributed by atoms with Crippen molar-refractivity contribution < 1.29 is 14.3 Å². The van der Waals surface area contributed by atoms with Crippen LogP contribution in [0.25, 0.3) is 0 Å². The number of carbonyl (C=O) groups is 2. The number of carbonyl (C=O) groups excluding carboxylic acids is 2. The second-order valence-corrected chi connectivity index (χ2v) is 9.36. The zero-order chi connectivity index (χ0) is 22.6. The lowest BCUT2D eigenvalue weighted by atomic mass is 9.86. The maximum absolute atomic E-state index is 12.5. The molecule has 0 spiro atoms. The van der Waals surface area contributed by atoms with E-state index in [2.05, 4.69) is 68.5 Å². The molecule has 1 aromatic carbocycles. The number of ketones is 1. The molecule has 0 saturated heterocycles. The molecule has 2 rings (SSSR count). The first-order chi connectivity index (χ1) is 14.9. The second-order valence-electron chi connectivity index (χ2n) is 9.36. The molecule has 4 atom stereocenters. The molecule has 0 N–H and O–H groups in total. The molecule has 31 heavy (non-hydrogen) atoms. The first kappa shape index (κ1) is 25.1. The highest BCUT2D eigenvalue weighted by molar-refractivity contribution is 5.84. The quantitative estimate of drug-likeness (QED) is 0.212. The number of rotatable bonds is 12. The molecule has 1 saturated carbocycles. The third-order valence-corrected chi connectivity index (χ3v) is 6.13. The Morgan fingerprint density at radius 2 is 1.90 bits per heavy atom. The van der Waals surface area contributed by atoms with Crippen LogP contribution in [0.4, 0.5) is 0 Å². The number of hydrogen-bond donors (Lipinski definition) is 0. The Kier molecular flexibility index (Phi) is 10.8. The van der Waals surface area contributed by atoms with Gasteiger partial charge in [0.05, 0.1) is 6.10 Å². The molecular weight excluding hydrogens is 384 g/mol. The van der Waals surface area contributed by atoms with Gasteiger partial charge >= 0.3 is 5.97 Å². The SMILES string of the molecule is CC(/C=C/[C@H]1C(C)CC(=O)[C@@H]1C/C=C\CCCC(=O)OC(C)C)CCc1ccccc1. The molecule has 3 heteroatoms. The predicted octanol–water partition coefficient (Wildman–Crippen LogP) is 6.72. The van der Waals surface area contributed by atoms with Crippen LogP contribution in [0.2, 0.25) is 0 Å². The molecule has 0 bridgehead atoms. The highest BCUT2D eigenvalue weighted by atomic mass is 16.5. The fourth-order valence-electron chi connectivity index (χ4n) is 4.33. The van der Waals surface area contributed by atoms with Crippen LogP contribution >= 0.6 is 0 Å². The van der Waals surface area contributed by atoms with Gasteiger partial charge < -0.3 is 4.74 Å². The van der Waals surface area contributed by atoms with E-state index in [1.54, 1.807) is 0 Å². The average Bonchev–Trinajstić information content (AvgIpc) is 3.00. The van der Waals surface area contributed by atoms with Crippen LogP contribution < -0.4 is 0 Å². The first-order valence-corrected chi connectivity index (χ1v) is 12.0. The second kappa shape index (κ2) is 13.3. The minimum absolute atomic E-state index is 0.0514. The lowest BCUT2D eigenvalue weighted by molar-refractivity contribution is -0.147. The minimum atomic E-state index is -0.130. The fourth-order valence-corrected chi connectivity index (χ4v) is 4.33. The molecule has 170 valence electrons. The number of allylic oxidation sites excluding steroid dienone is 4. The number of ether oxygens (including phenoxy) is 1. The molecule has 1 aliphatic carbocycles. The molecule has 3 nitrogen and oxygen atoms in total. The van der Waals surface area contributed by atoms with Crippen molar-refractivity contribution in [3.05, 3.63) is 60.2 Å². The van der Waals surface area contributed by atoms with Gasteiger partial charge in [0.15, 0.2) is 0 Å². The summed E-state index contributed by atoms with van der Waals surface area (Å²) >= 11 is 0. The smallest absolute Gasteiger partial charge is 0.306 e. The van der Waals surface area contributed by atoms with E-state index >= 15 is 0 Å². The van der Waals surface area contributed by atoms with E-state index in [4.69, 9.17) is 4.74 Å². The Morgan fingerprint density at radius 3 is 2.61 bits per heavy atom. The molecule has 0 heterocycles. The van der Waals surface area contributed by atoms with Crippen molar-refractivity contribution in [1.29, 1.82) is 0 Å². The summed E-state index contributed by atoms with van der Waals surface area (Å²) in [6.45, 7) is 8.20. The predicted molar refractivity (Wildman–Crippen MR) is 128 cm³/mol. The summed E-state index contributed by atoms with van der Waals surface area (Å²) in [5.41, 5.74) is 1.38. The zero-order valence-corrected chi connectivity index (χ0v) is 19.8. The molecule has 0 aliphatic heterocycles. The molecule has 0 radical (unpaired) electrons. The van der Waals surface area contributed by atoms with E-state index in [1.807, 2.05) is 13.8 Å². The zero-order valence-electron chi connectivity index (χ0n) is 19.8. The molecule has 0 amide bonds. The molecule has 1 aliphatic rings. The molecule has 0 aromatic heterocycles. The van der Waals surface area contributed by atoms with Gasteiger partial charge in [-0.25, -0.2) is 0 Å². The van der Waals surface area contributed by atoms with E-state index in [-0.39, 0.29) is 18.0 Å². The molecule has 1 fully saturated rings. The van der Waals surface area contributed by atoms with Gasteiger partial charge in [0.1, 0.15) is 5.78 Å².